The molecule has 3 aromatic rings. The highest BCUT2D eigenvalue weighted by Crippen LogP contribution is 2.18. The minimum Gasteiger partial charge on any atom is -0.214 e. The van der Waals surface area contributed by atoms with Crippen molar-refractivity contribution in [2.45, 2.75) is 32.6 Å². The number of unbranched alkanes of at least 4 members (excludes halogenated alkanes) is 2. The van der Waals surface area contributed by atoms with Crippen LogP contribution >= 0.6 is 0 Å². The van der Waals surface area contributed by atoms with Crippen LogP contribution in [0.15, 0.2) is 36.4 Å². The minimum absolute atomic E-state index is 0.811. The van der Waals surface area contributed by atoms with Crippen molar-refractivity contribution in [2.24, 2.45) is 0 Å². The van der Waals surface area contributed by atoms with Gasteiger partial charge in [-0.15, -0.1) is 0 Å². The first-order valence-corrected chi connectivity index (χ1v) is 7.06. The summed E-state index contributed by atoms with van der Waals surface area (Å²) in [4.78, 5) is 8.80. The quantitative estimate of drug-likeness (QED) is 0.665. The van der Waals surface area contributed by atoms with E-state index in [4.69, 9.17) is 0 Å². The van der Waals surface area contributed by atoms with Crippen LogP contribution in [0.1, 0.15) is 32.0 Å². The fourth-order valence-corrected chi connectivity index (χ4v) is 2.18. The van der Waals surface area contributed by atoms with Crippen LogP contribution in [0.3, 0.4) is 0 Å². The van der Waals surface area contributed by atoms with Crippen LogP contribution in [0.2, 0.25) is 0 Å². The molecule has 0 unspecified atom stereocenters. The zero-order valence-corrected chi connectivity index (χ0v) is 11.6. The van der Waals surface area contributed by atoms with E-state index in [0.717, 1.165) is 35.6 Å². The van der Waals surface area contributed by atoms with E-state index in [1.165, 1.54) is 12.8 Å². The van der Waals surface area contributed by atoms with Crippen LogP contribution in [0.4, 0.5) is 0 Å². The number of rotatable bonds is 5. The predicted octanol–water partition coefficient (Wildman–Crippen LogP) is 3.32. The zero-order valence-electron chi connectivity index (χ0n) is 11.6. The number of fused-ring (bicyclic) bond motifs is 1. The van der Waals surface area contributed by atoms with Gasteiger partial charge in [0, 0.05) is 18.1 Å². The van der Waals surface area contributed by atoms with E-state index in [2.05, 4.69) is 28.3 Å². The molecule has 3 rings (SSSR count). The molecule has 1 aromatic carbocycles. The number of hydrogen-bond donors (Lipinski definition) is 0. The third-order valence-corrected chi connectivity index (χ3v) is 3.28. The van der Waals surface area contributed by atoms with Gasteiger partial charge >= 0.3 is 0 Å². The lowest BCUT2D eigenvalue weighted by Gasteiger charge is -1.98. The van der Waals surface area contributed by atoms with Gasteiger partial charge in [0.05, 0.1) is 5.69 Å². The summed E-state index contributed by atoms with van der Waals surface area (Å²) in [6.45, 7) is 2.19. The van der Waals surface area contributed by atoms with Crippen molar-refractivity contribution in [3.8, 4) is 11.3 Å². The predicted molar refractivity (Wildman–Crippen MR) is 78.3 cm³/mol. The molecule has 4 nitrogen and oxygen atoms in total. The average molecular weight is 265 g/mol. The minimum atomic E-state index is 0.811. The average Bonchev–Trinajstić information content (AvgIpc) is 2.92. The number of benzene rings is 1. The summed E-state index contributed by atoms with van der Waals surface area (Å²) >= 11 is 0. The van der Waals surface area contributed by atoms with Gasteiger partial charge in [0.1, 0.15) is 5.82 Å². The first-order valence-electron chi connectivity index (χ1n) is 7.06. The monoisotopic (exact) mass is 265 g/mol. The Bertz CT molecular complexity index is 688. The molecule has 0 aliphatic rings. The van der Waals surface area contributed by atoms with Gasteiger partial charge in [-0.1, -0.05) is 50.1 Å². The van der Waals surface area contributed by atoms with Crippen molar-refractivity contribution in [1.82, 2.24) is 19.6 Å². The van der Waals surface area contributed by atoms with Crippen molar-refractivity contribution in [1.29, 1.82) is 0 Å². The molecule has 0 aliphatic heterocycles. The van der Waals surface area contributed by atoms with Crippen LogP contribution in [-0.4, -0.2) is 19.6 Å². The third kappa shape index (κ3) is 2.69. The van der Waals surface area contributed by atoms with Crippen LogP contribution in [0, 0.1) is 6.33 Å². The first kappa shape index (κ1) is 12.8. The van der Waals surface area contributed by atoms with Crippen molar-refractivity contribution < 1.29 is 0 Å². The molecule has 0 saturated carbocycles. The van der Waals surface area contributed by atoms with Gasteiger partial charge in [0.15, 0.2) is 5.65 Å². The molecule has 0 N–H and O–H groups in total. The normalized spacial score (nSPS) is 11.1. The maximum atomic E-state index is 4.55. The summed E-state index contributed by atoms with van der Waals surface area (Å²) in [7, 11) is 0. The molecule has 20 heavy (non-hydrogen) atoms. The van der Waals surface area contributed by atoms with Gasteiger partial charge in [-0.2, -0.15) is 9.61 Å². The molecule has 0 saturated heterocycles. The van der Waals surface area contributed by atoms with Crippen LogP contribution in [0.5, 0.6) is 0 Å². The molecule has 0 amide bonds. The van der Waals surface area contributed by atoms with Gasteiger partial charge in [-0.05, 0) is 6.42 Å². The Morgan fingerprint density at radius 3 is 2.80 bits per heavy atom. The number of nitrogens with zero attached hydrogens (tertiary/aromatic N) is 4. The van der Waals surface area contributed by atoms with E-state index in [0.29, 0.717) is 0 Å². The molecule has 1 radical (unpaired) electrons. The first-order chi connectivity index (χ1) is 9.86. The molecule has 0 atom stereocenters. The Kier molecular flexibility index (Phi) is 3.72. The highest BCUT2D eigenvalue weighted by molar-refractivity contribution is 5.63. The van der Waals surface area contributed by atoms with Gasteiger partial charge in [0.2, 0.25) is 6.33 Å². The topological polar surface area (TPSA) is 43.1 Å². The second-order valence-electron chi connectivity index (χ2n) is 4.86. The van der Waals surface area contributed by atoms with Crippen molar-refractivity contribution >= 4 is 5.65 Å². The maximum absolute atomic E-state index is 4.55. The summed E-state index contributed by atoms with van der Waals surface area (Å²) < 4.78 is 1.62. The molecule has 2 heterocycles. The fourth-order valence-electron chi connectivity index (χ4n) is 2.18. The highest BCUT2D eigenvalue weighted by Gasteiger charge is 2.07. The van der Waals surface area contributed by atoms with Crippen molar-refractivity contribution in [3.63, 3.8) is 0 Å². The van der Waals surface area contributed by atoms with E-state index in [9.17, 15) is 0 Å². The lowest BCUT2D eigenvalue weighted by molar-refractivity contribution is 0.687. The van der Waals surface area contributed by atoms with Crippen LogP contribution < -0.4 is 0 Å². The van der Waals surface area contributed by atoms with E-state index in [1.807, 2.05) is 36.4 Å². The number of aromatic nitrogens is 4. The zero-order chi connectivity index (χ0) is 13.8. The fraction of sp³-hybridized carbons (Fsp3) is 0.312. The molecule has 0 fully saturated rings. The largest absolute Gasteiger partial charge is 0.214 e. The van der Waals surface area contributed by atoms with Gasteiger partial charge < -0.3 is 0 Å². The summed E-state index contributed by atoms with van der Waals surface area (Å²) in [6, 6.07) is 12.1. The molecule has 0 bridgehead atoms. The molecule has 101 valence electrons. The van der Waals surface area contributed by atoms with Gasteiger partial charge in [-0.3, -0.25) is 0 Å². The molecule has 0 aliphatic carbocycles. The smallest absolute Gasteiger partial charge is 0.202 e. The van der Waals surface area contributed by atoms with Crippen molar-refractivity contribution in [2.75, 3.05) is 0 Å². The van der Waals surface area contributed by atoms with E-state index >= 15 is 0 Å². The van der Waals surface area contributed by atoms with E-state index < -0.39 is 0 Å². The number of aryl methyl sites for hydroxylation is 1. The second kappa shape index (κ2) is 5.82. The van der Waals surface area contributed by atoms with Crippen LogP contribution in [-0.2, 0) is 6.42 Å². The Hall–Kier alpha value is -2.23. The number of hydrogen-bond acceptors (Lipinski definition) is 3. The standard InChI is InChI=1S/C16H17N4/c1-2-3-5-10-15-17-12-20-16(18-15)11-14(19-20)13-8-6-4-7-9-13/h4,6-9,11H,2-3,5,10H2,1H3. The molecule has 0 spiro atoms. The summed E-state index contributed by atoms with van der Waals surface area (Å²) in [5.74, 6) is 0.852. The summed E-state index contributed by atoms with van der Waals surface area (Å²) in [5.41, 5.74) is 2.80. The van der Waals surface area contributed by atoms with Crippen molar-refractivity contribution in [3.05, 3.63) is 48.5 Å². The Balaban J connectivity index is 1.88. The van der Waals surface area contributed by atoms with Gasteiger partial charge in [-0.25, -0.2) is 9.97 Å². The molecule has 2 aromatic heterocycles. The molecule has 4 heteroatoms. The van der Waals surface area contributed by atoms with E-state index in [-0.39, 0.29) is 0 Å². The van der Waals surface area contributed by atoms with Gasteiger partial charge in [0.25, 0.3) is 0 Å². The highest BCUT2D eigenvalue weighted by atomic mass is 15.3. The van der Waals surface area contributed by atoms with E-state index in [1.54, 1.807) is 4.52 Å². The maximum Gasteiger partial charge on any atom is 0.202 e. The lowest BCUT2D eigenvalue weighted by Crippen LogP contribution is -2.00. The third-order valence-electron chi connectivity index (χ3n) is 3.28. The summed E-state index contributed by atoms with van der Waals surface area (Å²) in [5, 5.41) is 4.46. The van der Waals surface area contributed by atoms with Crippen LogP contribution in [0.25, 0.3) is 16.9 Å². The Morgan fingerprint density at radius 1 is 1.15 bits per heavy atom. The Morgan fingerprint density at radius 2 is 2.00 bits per heavy atom. The lowest BCUT2D eigenvalue weighted by atomic mass is 10.2. The SMILES string of the molecule is CCCCCc1n[c]n2nc(-c3ccccc3)cc2n1. The molecular weight excluding hydrogens is 248 g/mol. The second-order valence-corrected chi connectivity index (χ2v) is 4.86. The Labute approximate surface area is 118 Å². The molecular formula is C16H17N4. The summed E-state index contributed by atoms with van der Waals surface area (Å²) in [6.07, 6.45) is 7.38.